The molecule has 6 rings (SSSR count). The third-order valence-electron chi connectivity index (χ3n) is 6.33. The number of rotatable bonds is 5. The van der Waals surface area contributed by atoms with Gasteiger partial charge in [0, 0.05) is 24.8 Å². The number of ether oxygens (including phenoxy) is 2. The highest BCUT2D eigenvalue weighted by Crippen LogP contribution is 2.38. The van der Waals surface area contributed by atoms with Crippen LogP contribution in [-0.4, -0.2) is 45.4 Å². The molecule has 33 heavy (non-hydrogen) atoms. The number of piperazine rings is 1. The van der Waals surface area contributed by atoms with E-state index in [9.17, 15) is 0 Å². The summed E-state index contributed by atoms with van der Waals surface area (Å²) in [6.45, 7) is 7.14. The molecule has 0 aliphatic carbocycles. The Labute approximate surface area is 192 Å². The Hall–Kier alpha value is -3.56. The van der Waals surface area contributed by atoms with Gasteiger partial charge in [-0.25, -0.2) is 10.2 Å². The van der Waals surface area contributed by atoms with Gasteiger partial charge in [0.2, 0.25) is 6.79 Å². The van der Waals surface area contributed by atoms with Crippen molar-refractivity contribution >= 4 is 5.84 Å². The minimum atomic E-state index is -0.0316. The van der Waals surface area contributed by atoms with Gasteiger partial charge in [-0.1, -0.05) is 38.1 Å². The van der Waals surface area contributed by atoms with Gasteiger partial charge in [0.15, 0.2) is 17.3 Å². The number of hydrogen-bond donors (Lipinski definition) is 2. The molecule has 0 spiro atoms. The molecule has 3 aromatic rings. The van der Waals surface area contributed by atoms with Crippen LogP contribution in [0.1, 0.15) is 42.6 Å². The minimum Gasteiger partial charge on any atom is -0.454 e. The highest BCUT2D eigenvalue weighted by molar-refractivity contribution is 5.89. The van der Waals surface area contributed by atoms with Crippen LogP contribution in [0.5, 0.6) is 11.5 Å². The summed E-state index contributed by atoms with van der Waals surface area (Å²) in [6, 6.07) is 16.4. The summed E-state index contributed by atoms with van der Waals surface area (Å²) < 4.78 is 13.2. The molecule has 1 atom stereocenters. The summed E-state index contributed by atoms with van der Waals surface area (Å²) in [5.41, 5.74) is 10.6. The lowest BCUT2D eigenvalue weighted by atomic mass is 9.99. The van der Waals surface area contributed by atoms with Gasteiger partial charge >= 0.3 is 0 Å². The number of fused-ring (bicyclic) bond motifs is 2. The average Bonchev–Trinajstić information content (AvgIpc) is 3.58. The van der Waals surface area contributed by atoms with Crippen LogP contribution in [0.2, 0.25) is 0 Å². The van der Waals surface area contributed by atoms with E-state index in [0.29, 0.717) is 5.92 Å². The monoisotopic (exact) mass is 445 g/mol. The molecule has 4 heterocycles. The molecular formula is C24H27N7O2. The quantitative estimate of drug-likeness (QED) is 0.625. The topological polar surface area (TPSA) is 79.2 Å². The lowest BCUT2D eigenvalue weighted by Crippen LogP contribution is -2.54. The standard InChI is InChI=1S/C24H27N7O2/c1-16(2)22-18(14-31(26-22)19-6-4-3-5-7-19)13-29-10-11-30-24(25-27-28-30)23(29)17-8-9-20-21(12-17)33-15-32-20/h3-9,12,14,16,23,27-28H,10-11,13,15H2,1-2H3. The number of hydrazine groups is 2. The Morgan fingerprint density at radius 1 is 1.06 bits per heavy atom. The van der Waals surface area contributed by atoms with Crippen molar-refractivity contribution < 1.29 is 9.47 Å². The molecule has 1 fully saturated rings. The zero-order chi connectivity index (χ0) is 22.4. The zero-order valence-electron chi connectivity index (χ0n) is 18.7. The second-order valence-electron chi connectivity index (χ2n) is 8.81. The number of amidine groups is 1. The Morgan fingerprint density at radius 2 is 1.91 bits per heavy atom. The predicted molar refractivity (Wildman–Crippen MR) is 124 cm³/mol. The summed E-state index contributed by atoms with van der Waals surface area (Å²) in [5.74, 6) is 2.83. The van der Waals surface area contributed by atoms with E-state index in [0.717, 1.165) is 53.9 Å². The first-order valence-electron chi connectivity index (χ1n) is 11.3. The first kappa shape index (κ1) is 20.1. The van der Waals surface area contributed by atoms with Crippen molar-refractivity contribution in [3.05, 3.63) is 71.5 Å². The molecule has 1 aromatic heterocycles. The number of benzene rings is 2. The van der Waals surface area contributed by atoms with Crippen molar-refractivity contribution in [1.82, 2.24) is 30.8 Å². The molecule has 3 aliphatic heterocycles. The third kappa shape index (κ3) is 3.59. The van der Waals surface area contributed by atoms with Gasteiger partial charge in [0.1, 0.15) is 0 Å². The first-order chi connectivity index (χ1) is 16.2. The van der Waals surface area contributed by atoms with Crippen LogP contribution in [0.3, 0.4) is 0 Å². The van der Waals surface area contributed by atoms with Crippen LogP contribution < -0.4 is 20.5 Å². The van der Waals surface area contributed by atoms with Crippen molar-refractivity contribution in [2.24, 2.45) is 5.10 Å². The van der Waals surface area contributed by atoms with Crippen molar-refractivity contribution in [2.75, 3.05) is 19.9 Å². The third-order valence-corrected chi connectivity index (χ3v) is 6.33. The number of aromatic nitrogens is 2. The van der Waals surface area contributed by atoms with Crippen LogP contribution >= 0.6 is 0 Å². The van der Waals surface area contributed by atoms with Crippen LogP contribution in [0.4, 0.5) is 0 Å². The minimum absolute atomic E-state index is 0.0316. The maximum absolute atomic E-state index is 5.66. The predicted octanol–water partition coefficient (Wildman–Crippen LogP) is 2.92. The molecule has 0 amide bonds. The molecule has 2 aromatic carbocycles. The second kappa shape index (κ2) is 8.09. The van der Waals surface area contributed by atoms with E-state index >= 15 is 0 Å². The van der Waals surface area contributed by atoms with Crippen LogP contribution in [-0.2, 0) is 6.54 Å². The summed E-state index contributed by atoms with van der Waals surface area (Å²) >= 11 is 0. The summed E-state index contributed by atoms with van der Waals surface area (Å²) in [6.07, 6.45) is 2.17. The normalized spacial score (nSPS) is 19.5. The summed E-state index contributed by atoms with van der Waals surface area (Å²) in [5, 5.41) is 11.6. The van der Waals surface area contributed by atoms with E-state index < -0.39 is 0 Å². The van der Waals surface area contributed by atoms with Crippen molar-refractivity contribution in [1.29, 1.82) is 0 Å². The van der Waals surface area contributed by atoms with Gasteiger partial charge in [-0.15, -0.1) is 10.6 Å². The number of hydrogen-bond acceptors (Lipinski definition) is 8. The molecule has 0 bridgehead atoms. The molecule has 1 saturated heterocycles. The van der Waals surface area contributed by atoms with Crippen LogP contribution in [0.15, 0.2) is 59.8 Å². The number of hydrazone groups is 1. The van der Waals surface area contributed by atoms with E-state index in [1.807, 2.05) is 28.9 Å². The van der Waals surface area contributed by atoms with E-state index in [-0.39, 0.29) is 12.8 Å². The van der Waals surface area contributed by atoms with Gasteiger partial charge in [-0.2, -0.15) is 5.10 Å². The largest absolute Gasteiger partial charge is 0.454 e. The Morgan fingerprint density at radius 3 is 2.76 bits per heavy atom. The van der Waals surface area contributed by atoms with Gasteiger partial charge < -0.3 is 9.47 Å². The molecule has 9 heteroatoms. The van der Waals surface area contributed by atoms with Gasteiger partial charge in [0.25, 0.3) is 0 Å². The van der Waals surface area contributed by atoms with Gasteiger partial charge in [-0.3, -0.25) is 9.91 Å². The Bertz CT molecular complexity index is 1190. The van der Waals surface area contributed by atoms with Crippen molar-refractivity contribution in [3.8, 4) is 17.2 Å². The van der Waals surface area contributed by atoms with Crippen molar-refractivity contribution in [3.63, 3.8) is 0 Å². The van der Waals surface area contributed by atoms with E-state index in [1.165, 1.54) is 5.56 Å². The fourth-order valence-corrected chi connectivity index (χ4v) is 4.74. The summed E-state index contributed by atoms with van der Waals surface area (Å²) in [4.78, 5) is 2.46. The van der Waals surface area contributed by atoms with E-state index in [2.05, 4.69) is 70.4 Å². The fourth-order valence-electron chi connectivity index (χ4n) is 4.74. The smallest absolute Gasteiger partial charge is 0.231 e. The zero-order valence-corrected chi connectivity index (χ0v) is 18.7. The van der Waals surface area contributed by atoms with Crippen molar-refractivity contribution in [2.45, 2.75) is 32.4 Å². The summed E-state index contributed by atoms with van der Waals surface area (Å²) in [7, 11) is 0. The highest BCUT2D eigenvalue weighted by Gasteiger charge is 2.38. The van der Waals surface area contributed by atoms with E-state index in [4.69, 9.17) is 14.6 Å². The molecule has 1 unspecified atom stereocenters. The Kier molecular flexibility index (Phi) is 4.92. The molecule has 9 nitrogen and oxygen atoms in total. The molecular weight excluding hydrogens is 418 g/mol. The molecule has 2 N–H and O–H groups in total. The van der Waals surface area contributed by atoms with Gasteiger partial charge in [-0.05, 0) is 35.7 Å². The van der Waals surface area contributed by atoms with Crippen LogP contribution in [0.25, 0.3) is 5.69 Å². The lowest BCUT2D eigenvalue weighted by Gasteiger charge is -2.40. The average molecular weight is 446 g/mol. The van der Waals surface area contributed by atoms with E-state index in [1.54, 1.807) is 0 Å². The molecule has 0 radical (unpaired) electrons. The van der Waals surface area contributed by atoms with Gasteiger partial charge in [0.05, 0.1) is 24.0 Å². The molecule has 3 aliphatic rings. The lowest BCUT2D eigenvalue weighted by molar-refractivity contribution is 0.144. The fraction of sp³-hybridized carbons (Fsp3) is 0.333. The second-order valence-corrected chi connectivity index (χ2v) is 8.81. The van der Waals surface area contributed by atoms with Crippen LogP contribution in [0, 0.1) is 0 Å². The number of para-hydroxylation sites is 1. The SMILES string of the molecule is CC(C)c1nn(-c2ccccc2)cc1CN1CCN2NNN=C2C1c1ccc2c(c1)OCO2. The maximum atomic E-state index is 5.66. The maximum Gasteiger partial charge on any atom is 0.231 e. The number of nitrogens with zero attached hydrogens (tertiary/aromatic N) is 5. The first-order valence-corrected chi connectivity index (χ1v) is 11.3. The number of nitrogens with one attached hydrogen (secondary N) is 2. The highest BCUT2D eigenvalue weighted by atomic mass is 16.7. The molecule has 0 saturated carbocycles. The Balaban J connectivity index is 1.36. The molecule has 170 valence electrons.